The SMILES string of the molecule is Cc1nccn1CCCn1c(C)cc(C(F)(F)F)cc1=O. The lowest BCUT2D eigenvalue weighted by Crippen LogP contribution is -2.25. The zero-order valence-electron chi connectivity index (χ0n) is 11.8. The van der Waals surface area contributed by atoms with E-state index in [4.69, 9.17) is 0 Å². The molecule has 0 aromatic carbocycles. The standard InChI is InChI=1S/C14H16F3N3O/c1-10-8-12(14(15,16)17)9-13(21)20(10)6-3-5-19-7-4-18-11(19)2/h4,7-9H,3,5-6H2,1-2H3. The number of aromatic nitrogens is 3. The van der Waals surface area contributed by atoms with Crippen LogP contribution in [-0.4, -0.2) is 14.1 Å². The van der Waals surface area contributed by atoms with Gasteiger partial charge in [0.1, 0.15) is 5.82 Å². The third-order valence-electron chi connectivity index (χ3n) is 3.37. The first-order chi connectivity index (χ1) is 9.79. The molecule has 0 atom stereocenters. The maximum absolute atomic E-state index is 12.6. The molecule has 2 rings (SSSR count). The summed E-state index contributed by atoms with van der Waals surface area (Å²) >= 11 is 0. The third kappa shape index (κ3) is 3.53. The molecule has 0 fully saturated rings. The van der Waals surface area contributed by atoms with Gasteiger partial charge in [-0.1, -0.05) is 0 Å². The molecule has 2 heterocycles. The van der Waals surface area contributed by atoms with Crippen LogP contribution in [0.15, 0.2) is 29.3 Å². The Kier molecular flexibility index (Phi) is 4.20. The van der Waals surface area contributed by atoms with Crippen molar-refractivity contribution in [2.45, 2.75) is 39.5 Å². The van der Waals surface area contributed by atoms with Crippen LogP contribution in [0.1, 0.15) is 23.5 Å². The fourth-order valence-electron chi connectivity index (χ4n) is 2.22. The quantitative estimate of drug-likeness (QED) is 0.871. The van der Waals surface area contributed by atoms with Gasteiger partial charge in [-0.3, -0.25) is 4.79 Å². The van der Waals surface area contributed by atoms with Crippen molar-refractivity contribution in [3.05, 3.63) is 52.0 Å². The lowest BCUT2D eigenvalue weighted by Gasteiger charge is -2.13. The van der Waals surface area contributed by atoms with Crippen LogP contribution < -0.4 is 5.56 Å². The summed E-state index contributed by atoms with van der Waals surface area (Å²) in [6.45, 7) is 4.42. The van der Waals surface area contributed by atoms with Crippen LogP contribution >= 0.6 is 0 Å². The van der Waals surface area contributed by atoms with Crippen molar-refractivity contribution in [1.29, 1.82) is 0 Å². The molecule has 2 aromatic rings. The predicted molar refractivity (Wildman–Crippen MR) is 72.0 cm³/mol. The minimum absolute atomic E-state index is 0.317. The Hall–Kier alpha value is -2.05. The van der Waals surface area contributed by atoms with Crippen molar-refractivity contribution < 1.29 is 13.2 Å². The molecule has 0 saturated heterocycles. The molecule has 0 saturated carbocycles. The number of nitrogens with zero attached hydrogens (tertiary/aromatic N) is 3. The number of aryl methyl sites for hydroxylation is 3. The van der Waals surface area contributed by atoms with Crippen LogP contribution in [0.4, 0.5) is 13.2 Å². The van der Waals surface area contributed by atoms with E-state index in [-0.39, 0.29) is 0 Å². The molecular weight excluding hydrogens is 283 g/mol. The molecule has 114 valence electrons. The highest BCUT2D eigenvalue weighted by atomic mass is 19.4. The first-order valence-corrected chi connectivity index (χ1v) is 6.55. The topological polar surface area (TPSA) is 39.8 Å². The van der Waals surface area contributed by atoms with E-state index < -0.39 is 17.3 Å². The Bertz CT molecular complexity index is 686. The summed E-state index contributed by atoms with van der Waals surface area (Å²) in [6.07, 6.45) is -0.331. The molecule has 0 N–H and O–H groups in total. The van der Waals surface area contributed by atoms with Crippen LogP contribution in [0.3, 0.4) is 0 Å². The smallest absolute Gasteiger partial charge is 0.335 e. The largest absolute Gasteiger partial charge is 0.416 e. The van der Waals surface area contributed by atoms with Gasteiger partial charge < -0.3 is 9.13 Å². The van der Waals surface area contributed by atoms with Crippen LogP contribution in [0, 0.1) is 13.8 Å². The number of imidazole rings is 1. The first kappa shape index (κ1) is 15.3. The molecule has 7 heteroatoms. The van der Waals surface area contributed by atoms with Gasteiger partial charge in [0, 0.05) is 37.2 Å². The second kappa shape index (κ2) is 5.75. The van der Waals surface area contributed by atoms with E-state index in [1.54, 1.807) is 6.20 Å². The van der Waals surface area contributed by atoms with E-state index >= 15 is 0 Å². The summed E-state index contributed by atoms with van der Waals surface area (Å²) in [5, 5.41) is 0. The maximum Gasteiger partial charge on any atom is 0.416 e. The van der Waals surface area contributed by atoms with E-state index in [0.717, 1.165) is 11.9 Å². The predicted octanol–water partition coefficient (Wildman–Crippen LogP) is 2.77. The summed E-state index contributed by atoms with van der Waals surface area (Å²) in [5.41, 5.74) is -1.20. The normalized spacial score (nSPS) is 11.9. The van der Waals surface area contributed by atoms with Crippen molar-refractivity contribution in [3.8, 4) is 0 Å². The second-order valence-electron chi connectivity index (χ2n) is 4.89. The number of pyridine rings is 1. The van der Waals surface area contributed by atoms with Gasteiger partial charge in [-0.2, -0.15) is 13.2 Å². The third-order valence-corrected chi connectivity index (χ3v) is 3.37. The van der Waals surface area contributed by atoms with E-state index in [2.05, 4.69) is 4.98 Å². The van der Waals surface area contributed by atoms with Gasteiger partial charge in [-0.15, -0.1) is 0 Å². The first-order valence-electron chi connectivity index (χ1n) is 6.55. The number of alkyl halides is 3. The zero-order chi connectivity index (χ0) is 15.6. The van der Waals surface area contributed by atoms with Crippen molar-refractivity contribution in [1.82, 2.24) is 14.1 Å². The fourth-order valence-corrected chi connectivity index (χ4v) is 2.22. The van der Waals surface area contributed by atoms with Gasteiger partial charge in [0.2, 0.25) is 0 Å². The molecule has 21 heavy (non-hydrogen) atoms. The number of hydrogen-bond acceptors (Lipinski definition) is 2. The van der Waals surface area contributed by atoms with Crippen molar-refractivity contribution >= 4 is 0 Å². The lowest BCUT2D eigenvalue weighted by molar-refractivity contribution is -0.137. The van der Waals surface area contributed by atoms with Gasteiger partial charge in [0.15, 0.2) is 0 Å². The minimum Gasteiger partial charge on any atom is -0.335 e. The van der Waals surface area contributed by atoms with Gasteiger partial charge in [-0.25, -0.2) is 4.98 Å². The van der Waals surface area contributed by atoms with Crippen LogP contribution in [0.25, 0.3) is 0 Å². The van der Waals surface area contributed by atoms with Crippen molar-refractivity contribution in [2.24, 2.45) is 0 Å². The number of halogens is 3. The summed E-state index contributed by atoms with van der Waals surface area (Å²) < 4.78 is 41.1. The molecule has 2 aromatic heterocycles. The Morgan fingerprint density at radius 3 is 2.43 bits per heavy atom. The van der Waals surface area contributed by atoms with E-state index in [0.29, 0.717) is 31.3 Å². The maximum atomic E-state index is 12.6. The van der Waals surface area contributed by atoms with E-state index in [9.17, 15) is 18.0 Å². The van der Waals surface area contributed by atoms with Crippen LogP contribution in [0.2, 0.25) is 0 Å². The Morgan fingerprint density at radius 2 is 1.90 bits per heavy atom. The molecule has 0 aliphatic heterocycles. The lowest BCUT2D eigenvalue weighted by atomic mass is 10.2. The average molecular weight is 299 g/mol. The minimum atomic E-state index is -4.49. The fraction of sp³-hybridized carbons (Fsp3) is 0.429. The highest BCUT2D eigenvalue weighted by Gasteiger charge is 2.31. The molecule has 0 amide bonds. The van der Waals surface area contributed by atoms with E-state index in [1.165, 1.54) is 11.5 Å². The number of hydrogen-bond donors (Lipinski definition) is 0. The molecule has 0 aliphatic carbocycles. The Labute approximate surface area is 119 Å². The van der Waals surface area contributed by atoms with Gasteiger partial charge in [0.05, 0.1) is 5.56 Å². The highest BCUT2D eigenvalue weighted by Crippen LogP contribution is 2.28. The average Bonchev–Trinajstić information content (AvgIpc) is 2.77. The summed E-state index contributed by atoms with van der Waals surface area (Å²) in [5.74, 6) is 0.867. The van der Waals surface area contributed by atoms with Crippen molar-refractivity contribution in [3.63, 3.8) is 0 Å². The summed E-state index contributed by atoms with van der Waals surface area (Å²) in [4.78, 5) is 15.9. The number of rotatable bonds is 4. The van der Waals surface area contributed by atoms with Crippen molar-refractivity contribution in [2.75, 3.05) is 0 Å². The Morgan fingerprint density at radius 1 is 1.19 bits per heavy atom. The Balaban J connectivity index is 2.11. The van der Waals surface area contributed by atoms with Gasteiger partial charge >= 0.3 is 6.18 Å². The second-order valence-corrected chi connectivity index (χ2v) is 4.89. The summed E-state index contributed by atoms with van der Waals surface area (Å²) in [6, 6.07) is 1.65. The molecule has 0 spiro atoms. The van der Waals surface area contributed by atoms with Gasteiger partial charge in [0.25, 0.3) is 5.56 Å². The highest BCUT2D eigenvalue weighted by molar-refractivity contribution is 5.20. The molecule has 0 radical (unpaired) electrons. The monoisotopic (exact) mass is 299 g/mol. The molecule has 4 nitrogen and oxygen atoms in total. The molecule has 0 aliphatic rings. The zero-order valence-corrected chi connectivity index (χ0v) is 11.8. The van der Waals surface area contributed by atoms with Crippen LogP contribution in [-0.2, 0) is 19.3 Å². The molecule has 0 bridgehead atoms. The summed E-state index contributed by atoms with van der Waals surface area (Å²) in [7, 11) is 0. The molecular formula is C14H16F3N3O. The van der Waals surface area contributed by atoms with Crippen LogP contribution in [0.5, 0.6) is 0 Å². The molecule has 0 unspecified atom stereocenters. The van der Waals surface area contributed by atoms with Gasteiger partial charge in [-0.05, 0) is 26.3 Å². The van der Waals surface area contributed by atoms with E-state index in [1.807, 2.05) is 17.7 Å².